The fourth-order valence-electron chi connectivity index (χ4n) is 3.71. The quantitative estimate of drug-likeness (QED) is 0.144. The molecule has 0 aliphatic heterocycles. The second-order valence-electron chi connectivity index (χ2n) is 9.09. The molecule has 226 valence electrons. The van der Waals surface area contributed by atoms with Gasteiger partial charge >= 0.3 is 18.3 Å². The molecule has 0 saturated carbocycles. The zero-order valence-corrected chi connectivity index (χ0v) is 22.8. The van der Waals surface area contributed by atoms with Crippen LogP contribution in [-0.2, 0) is 27.5 Å². The molecule has 4 N–H and O–H groups in total. The molecule has 0 aliphatic rings. The first kappa shape index (κ1) is 32.6. The first-order chi connectivity index (χ1) is 19.5. The van der Waals surface area contributed by atoms with Crippen molar-refractivity contribution in [1.82, 2.24) is 20.0 Å². The molecule has 0 unspecified atom stereocenters. The molecular formula is C27H26F6N4O4S. The summed E-state index contributed by atoms with van der Waals surface area (Å²) in [6.45, 7) is 1.74. The van der Waals surface area contributed by atoms with Crippen LogP contribution in [0.1, 0.15) is 17.5 Å². The van der Waals surface area contributed by atoms with Gasteiger partial charge in [0.15, 0.2) is 0 Å². The number of hydrogen-bond donors (Lipinski definition) is 4. The van der Waals surface area contributed by atoms with Gasteiger partial charge in [-0.15, -0.1) is 0 Å². The average Bonchev–Trinajstić information content (AvgIpc) is 3.33. The number of nitrogens with one attached hydrogen (secondary N) is 3. The van der Waals surface area contributed by atoms with Crippen LogP contribution >= 0.6 is 0 Å². The lowest BCUT2D eigenvalue weighted by Gasteiger charge is -2.08. The Bertz CT molecular complexity index is 1620. The topological polar surface area (TPSA) is 124 Å². The summed E-state index contributed by atoms with van der Waals surface area (Å²) in [6.07, 6.45) is -7.66. The molecule has 4 aromatic rings. The molecule has 1 heterocycles. The number of alkyl halides is 6. The SMILES string of the molecule is CS(=O)(=O)NCCCNCc1cccc(-c2ccc(-c3nc4ccc(C(F)(F)F)cc4[nH]3)cc2)c1.O=C(O)C(F)(F)F. The van der Waals surface area contributed by atoms with Crippen molar-refractivity contribution in [3.05, 3.63) is 77.9 Å². The number of aliphatic carboxylic acids is 1. The summed E-state index contributed by atoms with van der Waals surface area (Å²) < 4.78 is 95.3. The Hall–Kier alpha value is -3.95. The number of carboxylic acid groups (broad SMARTS) is 1. The Labute approximate surface area is 236 Å². The van der Waals surface area contributed by atoms with Crippen molar-refractivity contribution < 1.29 is 44.7 Å². The van der Waals surface area contributed by atoms with Crippen molar-refractivity contribution in [2.45, 2.75) is 25.3 Å². The summed E-state index contributed by atoms with van der Waals surface area (Å²) in [5.41, 5.74) is 4.02. The van der Waals surface area contributed by atoms with Crippen LogP contribution in [0.25, 0.3) is 33.5 Å². The molecule has 0 bridgehead atoms. The molecule has 0 saturated heterocycles. The molecule has 0 aliphatic carbocycles. The standard InChI is InChI=1S/C25H25F3N4O2S.C2HF3O2/c1-35(33,34)30-13-3-12-29-16-17-4-2-5-20(14-17)18-6-8-19(9-7-18)24-31-22-11-10-21(25(26,27)28)15-23(22)32-24;3-2(4,5)1(6)7/h2,4-11,14-15,29-30H,3,12-13,16H2,1H3,(H,31,32);(H,6,7). The molecule has 0 fully saturated rings. The highest BCUT2D eigenvalue weighted by atomic mass is 32.2. The van der Waals surface area contributed by atoms with E-state index in [1.807, 2.05) is 42.5 Å². The number of nitrogens with zero attached hydrogens (tertiary/aromatic N) is 1. The highest BCUT2D eigenvalue weighted by molar-refractivity contribution is 7.88. The van der Waals surface area contributed by atoms with E-state index in [0.717, 1.165) is 40.6 Å². The van der Waals surface area contributed by atoms with E-state index < -0.39 is 33.9 Å². The maximum absolute atomic E-state index is 13.0. The van der Waals surface area contributed by atoms with E-state index in [-0.39, 0.29) is 0 Å². The number of halogens is 6. The summed E-state index contributed by atoms with van der Waals surface area (Å²) in [5, 5.41) is 10.4. The number of aromatic amines is 1. The third-order valence-electron chi connectivity index (χ3n) is 5.69. The largest absolute Gasteiger partial charge is 0.490 e. The zero-order valence-electron chi connectivity index (χ0n) is 22.0. The number of sulfonamides is 1. The van der Waals surface area contributed by atoms with Crippen molar-refractivity contribution in [2.75, 3.05) is 19.3 Å². The molecule has 4 rings (SSSR count). The number of hydrogen-bond acceptors (Lipinski definition) is 5. The first-order valence-electron chi connectivity index (χ1n) is 12.2. The number of H-pyrrole nitrogens is 1. The Morgan fingerprint density at radius 1 is 0.905 bits per heavy atom. The molecular weight excluding hydrogens is 590 g/mol. The van der Waals surface area contributed by atoms with Gasteiger partial charge in [0, 0.05) is 18.7 Å². The smallest absolute Gasteiger partial charge is 0.475 e. The van der Waals surface area contributed by atoms with Crippen molar-refractivity contribution in [2.24, 2.45) is 0 Å². The Kier molecular flexibility index (Phi) is 10.4. The van der Waals surface area contributed by atoms with Gasteiger partial charge in [-0.3, -0.25) is 0 Å². The van der Waals surface area contributed by atoms with Gasteiger partial charge < -0.3 is 15.4 Å². The van der Waals surface area contributed by atoms with Crippen molar-refractivity contribution in [3.63, 3.8) is 0 Å². The Morgan fingerprint density at radius 2 is 1.55 bits per heavy atom. The van der Waals surface area contributed by atoms with Crippen LogP contribution in [0.2, 0.25) is 0 Å². The van der Waals surface area contributed by atoms with Gasteiger partial charge in [-0.25, -0.2) is 22.9 Å². The van der Waals surface area contributed by atoms with Crippen molar-refractivity contribution >= 4 is 27.0 Å². The second kappa shape index (κ2) is 13.4. The normalized spacial score (nSPS) is 12.2. The van der Waals surface area contributed by atoms with Gasteiger partial charge in [0.25, 0.3) is 0 Å². The van der Waals surface area contributed by atoms with E-state index >= 15 is 0 Å². The van der Waals surface area contributed by atoms with Crippen LogP contribution in [0.15, 0.2) is 66.7 Å². The lowest BCUT2D eigenvalue weighted by molar-refractivity contribution is -0.192. The molecule has 0 spiro atoms. The van der Waals surface area contributed by atoms with Crippen molar-refractivity contribution in [1.29, 1.82) is 0 Å². The Morgan fingerprint density at radius 3 is 2.14 bits per heavy atom. The highest BCUT2D eigenvalue weighted by Gasteiger charge is 2.38. The minimum absolute atomic E-state index is 0.339. The van der Waals surface area contributed by atoms with E-state index in [0.29, 0.717) is 42.9 Å². The summed E-state index contributed by atoms with van der Waals surface area (Å²) in [6, 6.07) is 19.2. The van der Waals surface area contributed by atoms with E-state index in [1.165, 1.54) is 6.07 Å². The summed E-state index contributed by atoms with van der Waals surface area (Å²) >= 11 is 0. The molecule has 0 amide bonds. The highest BCUT2D eigenvalue weighted by Crippen LogP contribution is 2.32. The molecule has 1 aromatic heterocycles. The summed E-state index contributed by atoms with van der Waals surface area (Å²) in [5.74, 6) is -2.25. The van der Waals surface area contributed by atoms with E-state index in [2.05, 4.69) is 26.1 Å². The first-order valence-corrected chi connectivity index (χ1v) is 14.1. The van der Waals surface area contributed by atoms with E-state index in [9.17, 15) is 34.8 Å². The Balaban J connectivity index is 0.000000616. The van der Waals surface area contributed by atoms with Gasteiger partial charge in [0.1, 0.15) is 5.82 Å². The van der Waals surface area contributed by atoms with Crippen molar-refractivity contribution in [3.8, 4) is 22.5 Å². The van der Waals surface area contributed by atoms with Gasteiger partial charge in [0.2, 0.25) is 10.0 Å². The van der Waals surface area contributed by atoms with Crippen LogP contribution in [0.3, 0.4) is 0 Å². The van der Waals surface area contributed by atoms with Gasteiger partial charge in [-0.1, -0.05) is 42.5 Å². The van der Waals surface area contributed by atoms with Crippen LogP contribution in [0.5, 0.6) is 0 Å². The molecule has 8 nitrogen and oxygen atoms in total. The van der Waals surface area contributed by atoms with Crippen LogP contribution < -0.4 is 10.0 Å². The van der Waals surface area contributed by atoms with Gasteiger partial charge in [-0.05, 0) is 53.9 Å². The predicted molar refractivity (Wildman–Crippen MR) is 145 cm³/mol. The average molecular weight is 617 g/mol. The fourth-order valence-corrected chi connectivity index (χ4v) is 4.22. The van der Waals surface area contributed by atoms with Crippen LogP contribution in [0, 0.1) is 0 Å². The maximum Gasteiger partial charge on any atom is 0.490 e. The molecule has 42 heavy (non-hydrogen) atoms. The lowest BCUT2D eigenvalue weighted by Crippen LogP contribution is -2.26. The molecule has 15 heteroatoms. The number of carbonyl (C=O) groups is 1. The number of benzene rings is 3. The monoisotopic (exact) mass is 616 g/mol. The molecule has 3 aromatic carbocycles. The van der Waals surface area contributed by atoms with E-state index in [4.69, 9.17) is 9.90 Å². The third-order valence-corrected chi connectivity index (χ3v) is 6.42. The maximum atomic E-state index is 13.0. The fraction of sp³-hybridized carbons (Fsp3) is 0.259. The molecule has 0 radical (unpaired) electrons. The number of aromatic nitrogens is 2. The number of imidazole rings is 1. The third kappa shape index (κ3) is 9.85. The number of carboxylic acids is 1. The minimum Gasteiger partial charge on any atom is -0.475 e. The number of rotatable bonds is 9. The zero-order chi connectivity index (χ0) is 31.1. The minimum atomic E-state index is -5.08. The van der Waals surface area contributed by atoms with Crippen LogP contribution in [0.4, 0.5) is 26.3 Å². The lowest BCUT2D eigenvalue weighted by atomic mass is 10.0. The number of fused-ring (bicyclic) bond motifs is 1. The van der Waals surface area contributed by atoms with Gasteiger partial charge in [-0.2, -0.15) is 26.3 Å². The van der Waals surface area contributed by atoms with E-state index in [1.54, 1.807) is 0 Å². The predicted octanol–water partition coefficient (Wildman–Crippen LogP) is 5.58. The second-order valence-corrected chi connectivity index (χ2v) is 10.9. The summed E-state index contributed by atoms with van der Waals surface area (Å²) in [4.78, 5) is 16.3. The van der Waals surface area contributed by atoms with Gasteiger partial charge in [0.05, 0.1) is 22.9 Å². The van der Waals surface area contributed by atoms with Crippen LogP contribution in [-0.4, -0.2) is 55.0 Å². The molecule has 0 atom stereocenters. The summed E-state index contributed by atoms with van der Waals surface area (Å²) in [7, 11) is -3.16.